The van der Waals surface area contributed by atoms with Gasteiger partial charge in [0.25, 0.3) is 5.91 Å². The molecule has 3 rings (SSSR count). The summed E-state index contributed by atoms with van der Waals surface area (Å²) >= 11 is 0. The van der Waals surface area contributed by atoms with E-state index in [0.29, 0.717) is 18.4 Å². The van der Waals surface area contributed by atoms with Crippen LogP contribution in [0, 0.1) is 17.7 Å². The number of benzene rings is 1. The highest BCUT2D eigenvalue weighted by molar-refractivity contribution is 5.78. The van der Waals surface area contributed by atoms with Crippen molar-refractivity contribution in [1.82, 2.24) is 10.3 Å². The molecule has 1 atom stereocenters. The van der Waals surface area contributed by atoms with Gasteiger partial charge >= 0.3 is 0 Å². The van der Waals surface area contributed by atoms with Gasteiger partial charge in [0.15, 0.2) is 18.2 Å². The fourth-order valence-corrected chi connectivity index (χ4v) is 3.67. The van der Waals surface area contributed by atoms with Crippen LogP contribution in [-0.4, -0.2) is 24.0 Å². The second-order valence-electron chi connectivity index (χ2n) is 7.04. The van der Waals surface area contributed by atoms with E-state index in [4.69, 9.17) is 10.5 Å². The number of nitrogens with one attached hydrogen (secondary N) is 1. The van der Waals surface area contributed by atoms with Crippen LogP contribution < -0.4 is 15.8 Å². The number of rotatable bonds is 7. The Balaban J connectivity index is 1.64. The molecule has 144 valence electrons. The zero-order valence-corrected chi connectivity index (χ0v) is 15.3. The SMILES string of the molecule is NCC1CCC(C(NC(=O)COc2ccccc2F)c2ccccn2)CC1. The molecule has 0 radical (unpaired) electrons. The third kappa shape index (κ3) is 5.26. The number of hydrogen-bond donors (Lipinski definition) is 2. The van der Waals surface area contributed by atoms with E-state index in [1.807, 2.05) is 18.2 Å². The van der Waals surface area contributed by atoms with Gasteiger partial charge in [0.05, 0.1) is 11.7 Å². The molecule has 0 aliphatic heterocycles. The first-order valence-corrected chi connectivity index (χ1v) is 9.45. The number of aromatic nitrogens is 1. The molecule has 1 amide bonds. The zero-order chi connectivity index (χ0) is 19.1. The number of amides is 1. The Morgan fingerprint density at radius 3 is 2.59 bits per heavy atom. The summed E-state index contributed by atoms with van der Waals surface area (Å²) in [6, 6.07) is 11.6. The number of pyridine rings is 1. The summed E-state index contributed by atoms with van der Waals surface area (Å²) in [6.07, 6.45) is 5.85. The molecule has 2 aromatic rings. The topological polar surface area (TPSA) is 77.2 Å². The predicted octanol–water partition coefficient (Wildman–Crippen LogP) is 3.22. The fraction of sp³-hybridized carbons (Fsp3) is 0.429. The number of hydrogen-bond acceptors (Lipinski definition) is 4. The van der Waals surface area contributed by atoms with Gasteiger partial charge in [-0.25, -0.2) is 4.39 Å². The van der Waals surface area contributed by atoms with Crippen LogP contribution in [0.25, 0.3) is 0 Å². The average molecular weight is 371 g/mol. The lowest BCUT2D eigenvalue weighted by Crippen LogP contribution is -2.38. The van der Waals surface area contributed by atoms with Crippen LogP contribution in [0.1, 0.15) is 37.4 Å². The van der Waals surface area contributed by atoms with Gasteiger partial charge in [-0.3, -0.25) is 9.78 Å². The highest BCUT2D eigenvalue weighted by Crippen LogP contribution is 2.36. The first kappa shape index (κ1) is 19.3. The van der Waals surface area contributed by atoms with Gasteiger partial charge in [0, 0.05) is 6.20 Å². The molecule has 0 saturated heterocycles. The molecule has 1 aliphatic carbocycles. The summed E-state index contributed by atoms with van der Waals surface area (Å²) in [4.78, 5) is 16.9. The number of carbonyl (C=O) groups is 1. The van der Waals surface area contributed by atoms with Crippen molar-refractivity contribution in [3.8, 4) is 5.75 Å². The fourth-order valence-electron chi connectivity index (χ4n) is 3.67. The molecule has 1 aromatic heterocycles. The van der Waals surface area contributed by atoms with Gasteiger partial charge in [-0.1, -0.05) is 18.2 Å². The molecule has 1 heterocycles. The van der Waals surface area contributed by atoms with Crippen molar-refractivity contribution in [2.75, 3.05) is 13.2 Å². The van der Waals surface area contributed by atoms with Crippen molar-refractivity contribution in [2.45, 2.75) is 31.7 Å². The summed E-state index contributed by atoms with van der Waals surface area (Å²) in [5.41, 5.74) is 6.64. The van der Waals surface area contributed by atoms with Crippen LogP contribution in [-0.2, 0) is 4.79 Å². The molecule has 3 N–H and O–H groups in total. The lowest BCUT2D eigenvalue weighted by Gasteiger charge is -2.33. The van der Waals surface area contributed by atoms with E-state index >= 15 is 0 Å². The van der Waals surface area contributed by atoms with Gasteiger partial charge in [0.2, 0.25) is 0 Å². The van der Waals surface area contributed by atoms with Crippen molar-refractivity contribution in [3.05, 3.63) is 60.2 Å². The van der Waals surface area contributed by atoms with E-state index in [9.17, 15) is 9.18 Å². The molecular weight excluding hydrogens is 345 g/mol. The molecule has 0 spiro atoms. The van der Waals surface area contributed by atoms with Crippen molar-refractivity contribution >= 4 is 5.91 Å². The molecule has 0 bridgehead atoms. The lowest BCUT2D eigenvalue weighted by atomic mass is 9.77. The molecule has 5 nitrogen and oxygen atoms in total. The van der Waals surface area contributed by atoms with Gasteiger partial charge in [-0.2, -0.15) is 0 Å². The van der Waals surface area contributed by atoms with Crippen LogP contribution in [0.3, 0.4) is 0 Å². The molecule has 1 fully saturated rings. The van der Waals surface area contributed by atoms with Crippen molar-refractivity contribution in [2.24, 2.45) is 17.6 Å². The van der Waals surface area contributed by atoms with Gasteiger partial charge in [0.1, 0.15) is 0 Å². The third-order valence-electron chi connectivity index (χ3n) is 5.21. The Morgan fingerprint density at radius 1 is 1.19 bits per heavy atom. The van der Waals surface area contributed by atoms with E-state index in [0.717, 1.165) is 31.4 Å². The van der Waals surface area contributed by atoms with Crippen LogP contribution in [0.15, 0.2) is 48.7 Å². The lowest BCUT2D eigenvalue weighted by molar-refractivity contribution is -0.124. The molecule has 1 aliphatic rings. The minimum Gasteiger partial charge on any atom is -0.481 e. The average Bonchev–Trinajstić information content (AvgIpc) is 2.72. The Hall–Kier alpha value is -2.47. The van der Waals surface area contributed by atoms with Crippen LogP contribution in [0.2, 0.25) is 0 Å². The maximum Gasteiger partial charge on any atom is 0.258 e. The number of ether oxygens (including phenoxy) is 1. The highest BCUT2D eigenvalue weighted by Gasteiger charge is 2.30. The molecule has 27 heavy (non-hydrogen) atoms. The summed E-state index contributed by atoms with van der Waals surface area (Å²) in [6.45, 7) is 0.478. The van der Waals surface area contributed by atoms with Gasteiger partial charge in [-0.15, -0.1) is 0 Å². The Labute approximate surface area is 159 Å². The van der Waals surface area contributed by atoms with Crippen LogP contribution in [0.5, 0.6) is 5.75 Å². The van der Waals surface area contributed by atoms with Crippen molar-refractivity contribution < 1.29 is 13.9 Å². The van der Waals surface area contributed by atoms with E-state index in [2.05, 4.69) is 10.3 Å². The van der Waals surface area contributed by atoms with E-state index < -0.39 is 5.82 Å². The van der Waals surface area contributed by atoms with Gasteiger partial charge < -0.3 is 15.8 Å². The molecule has 1 aromatic carbocycles. The Bertz CT molecular complexity index is 733. The second kappa shape index (κ2) is 9.46. The second-order valence-corrected chi connectivity index (χ2v) is 7.04. The first-order chi connectivity index (χ1) is 13.2. The molecule has 6 heteroatoms. The van der Waals surface area contributed by atoms with Crippen LogP contribution >= 0.6 is 0 Å². The normalized spacial score (nSPS) is 20.7. The molecule has 1 saturated carbocycles. The number of para-hydroxylation sites is 1. The largest absolute Gasteiger partial charge is 0.481 e. The molecule has 1 unspecified atom stereocenters. The zero-order valence-electron chi connectivity index (χ0n) is 15.3. The van der Waals surface area contributed by atoms with Crippen LogP contribution in [0.4, 0.5) is 4.39 Å². The van der Waals surface area contributed by atoms with Crippen molar-refractivity contribution in [1.29, 1.82) is 0 Å². The minimum absolute atomic E-state index is 0.0745. The van der Waals surface area contributed by atoms with E-state index in [1.165, 1.54) is 12.1 Å². The Kier molecular flexibility index (Phi) is 6.76. The maximum absolute atomic E-state index is 13.7. The maximum atomic E-state index is 13.7. The highest BCUT2D eigenvalue weighted by atomic mass is 19.1. The number of halogens is 1. The molecular formula is C21H26FN3O2. The summed E-state index contributed by atoms with van der Waals surface area (Å²) < 4.78 is 19.0. The smallest absolute Gasteiger partial charge is 0.258 e. The van der Waals surface area contributed by atoms with E-state index in [1.54, 1.807) is 18.3 Å². The Morgan fingerprint density at radius 2 is 1.93 bits per heavy atom. The summed E-state index contributed by atoms with van der Waals surface area (Å²) in [5.74, 6) is 0.179. The number of carbonyl (C=O) groups excluding carboxylic acids is 1. The first-order valence-electron chi connectivity index (χ1n) is 9.45. The predicted molar refractivity (Wildman–Crippen MR) is 102 cm³/mol. The summed E-state index contributed by atoms with van der Waals surface area (Å²) in [7, 11) is 0. The third-order valence-corrected chi connectivity index (χ3v) is 5.21. The standard InChI is InChI=1S/C21H26FN3O2/c22-17-5-1-2-7-19(17)27-14-20(26)25-21(18-6-3-4-12-24-18)16-10-8-15(13-23)9-11-16/h1-7,12,15-16,21H,8-11,13-14,23H2,(H,25,26). The van der Waals surface area contributed by atoms with Crippen molar-refractivity contribution in [3.63, 3.8) is 0 Å². The van der Waals surface area contributed by atoms with E-state index in [-0.39, 0.29) is 24.3 Å². The quantitative estimate of drug-likeness (QED) is 0.783. The number of nitrogens with zero attached hydrogens (tertiary/aromatic N) is 1. The summed E-state index contributed by atoms with van der Waals surface area (Å²) in [5, 5.41) is 3.05. The number of nitrogens with two attached hydrogens (primary N) is 1. The monoisotopic (exact) mass is 371 g/mol. The van der Waals surface area contributed by atoms with Gasteiger partial charge in [-0.05, 0) is 68.3 Å². The minimum atomic E-state index is -0.480.